The van der Waals surface area contributed by atoms with Gasteiger partial charge in [0.25, 0.3) is 5.56 Å². The zero-order valence-corrected chi connectivity index (χ0v) is 17.6. The van der Waals surface area contributed by atoms with Gasteiger partial charge in [0.2, 0.25) is 5.91 Å². The van der Waals surface area contributed by atoms with Crippen LogP contribution in [0.25, 0.3) is 16.6 Å². The maximum Gasteiger partial charge on any atom is 0.266 e. The van der Waals surface area contributed by atoms with Gasteiger partial charge in [0, 0.05) is 12.3 Å². The lowest BCUT2D eigenvalue weighted by Crippen LogP contribution is -2.26. The Morgan fingerprint density at radius 2 is 1.94 bits per heavy atom. The molecule has 4 aromatic rings. The number of rotatable bonds is 7. The smallest absolute Gasteiger partial charge is 0.266 e. The molecule has 8 heteroatoms. The first-order valence-electron chi connectivity index (χ1n) is 9.61. The van der Waals surface area contributed by atoms with Gasteiger partial charge in [0.05, 0.1) is 41.7 Å². The predicted molar refractivity (Wildman–Crippen MR) is 121 cm³/mol. The second-order valence-corrected chi connectivity index (χ2v) is 7.58. The molecule has 0 saturated heterocycles. The monoisotopic (exact) mass is 432 g/mol. The number of hydrogen-bond donors (Lipinski definition) is 1. The molecule has 0 radical (unpaired) electrons. The van der Waals surface area contributed by atoms with E-state index in [1.807, 2.05) is 36.4 Å². The zero-order chi connectivity index (χ0) is 21.6. The van der Waals surface area contributed by atoms with Crippen LogP contribution in [0, 0.1) is 0 Å². The second-order valence-electron chi connectivity index (χ2n) is 6.64. The Hall–Kier alpha value is -3.65. The van der Waals surface area contributed by atoms with Crippen LogP contribution in [0.15, 0.2) is 82.9 Å². The molecule has 0 unspecified atom stereocenters. The maximum atomic E-state index is 13.3. The van der Waals surface area contributed by atoms with Crippen LogP contribution < -0.4 is 15.6 Å². The second kappa shape index (κ2) is 9.44. The lowest BCUT2D eigenvalue weighted by atomic mass is 10.2. The van der Waals surface area contributed by atoms with E-state index in [4.69, 9.17) is 4.74 Å². The zero-order valence-electron chi connectivity index (χ0n) is 16.8. The third-order valence-corrected chi connectivity index (χ3v) is 5.52. The molecule has 7 nitrogen and oxygen atoms in total. The molecular weight excluding hydrogens is 412 g/mol. The Balaban J connectivity index is 1.63. The van der Waals surface area contributed by atoms with E-state index < -0.39 is 0 Å². The fraction of sp³-hybridized carbons (Fsp3) is 0.130. The van der Waals surface area contributed by atoms with Crippen LogP contribution in [-0.4, -0.2) is 33.3 Å². The minimum Gasteiger partial charge on any atom is -0.497 e. The van der Waals surface area contributed by atoms with Crippen molar-refractivity contribution in [3.63, 3.8) is 0 Å². The van der Waals surface area contributed by atoms with Gasteiger partial charge in [0.15, 0.2) is 5.16 Å². The molecule has 0 fully saturated rings. The molecule has 2 aromatic carbocycles. The van der Waals surface area contributed by atoms with Crippen LogP contribution in [0.3, 0.4) is 0 Å². The van der Waals surface area contributed by atoms with Gasteiger partial charge in [0.1, 0.15) is 5.75 Å². The van der Waals surface area contributed by atoms with Crippen molar-refractivity contribution in [2.75, 3.05) is 12.9 Å². The SMILES string of the molecule is COc1cccc(-n2c(SCC(=O)NCc3ccccn3)nc3ccccc3c2=O)c1. The average molecular weight is 433 g/mol. The molecule has 0 aliphatic carbocycles. The van der Waals surface area contributed by atoms with Crippen LogP contribution in [-0.2, 0) is 11.3 Å². The minimum absolute atomic E-state index is 0.113. The quantitative estimate of drug-likeness (QED) is 0.357. The first kappa shape index (κ1) is 20.6. The molecule has 4 rings (SSSR count). The number of nitrogens with one attached hydrogen (secondary N) is 1. The lowest BCUT2D eigenvalue weighted by molar-refractivity contribution is -0.118. The fourth-order valence-corrected chi connectivity index (χ4v) is 3.90. The lowest BCUT2D eigenvalue weighted by Gasteiger charge is -2.14. The fourth-order valence-electron chi connectivity index (χ4n) is 3.06. The molecule has 2 heterocycles. The van der Waals surface area contributed by atoms with Crippen molar-refractivity contribution in [3.05, 3.63) is 89.0 Å². The molecule has 0 aliphatic rings. The van der Waals surface area contributed by atoms with Gasteiger partial charge in [-0.1, -0.05) is 36.0 Å². The third kappa shape index (κ3) is 4.75. The molecule has 1 N–H and O–H groups in total. The molecule has 156 valence electrons. The summed E-state index contributed by atoms with van der Waals surface area (Å²) in [7, 11) is 1.57. The molecule has 0 atom stereocenters. The number of ether oxygens (including phenoxy) is 1. The van der Waals surface area contributed by atoms with Crippen LogP contribution in [0.1, 0.15) is 5.69 Å². The number of hydrogen-bond acceptors (Lipinski definition) is 6. The number of carbonyl (C=O) groups is 1. The number of para-hydroxylation sites is 1. The van der Waals surface area contributed by atoms with E-state index in [9.17, 15) is 9.59 Å². The number of aromatic nitrogens is 3. The number of methoxy groups -OCH3 is 1. The summed E-state index contributed by atoms with van der Waals surface area (Å²) in [5, 5.41) is 3.78. The summed E-state index contributed by atoms with van der Waals surface area (Å²) < 4.78 is 6.82. The van der Waals surface area contributed by atoms with Crippen LogP contribution in [0.4, 0.5) is 0 Å². The largest absolute Gasteiger partial charge is 0.497 e. The maximum absolute atomic E-state index is 13.3. The summed E-state index contributed by atoms with van der Waals surface area (Å²) >= 11 is 1.21. The van der Waals surface area contributed by atoms with Crippen molar-refractivity contribution in [2.45, 2.75) is 11.7 Å². The summed E-state index contributed by atoms with van der Waals surface area (Å²) in [6.45, 7) is 0.341. The standard InChI is InChI=1S/C23H20N4O3S/c1-30-18-9-6-8-17(13-18)27-22(29)19-10-2-3-11-20(19)26-23(27)31-15-21(28)25-14-16-7-4-5-12-24-16/h2-13H,14-15H2,1H3,(H,25,28). The highest BCUT2D eigenvalue weighted by atomic mass is 32.2. The van der Waals surface area contributed by atoms with Crippen molar-refractivity contribution in [1.82, 2.24) is 19.9 Å². The van der Waals surface area contributed by atoms with Gasteiger partial charge >= 0.3 is 0 Å². The first-order valence-corrected chi connectivity index (χ1v) is 10.6. The van der Waals surface area contributed by atoms with Gasteiger partial charge in [-0.05, 0) is 36.4 Å². The molecule has 1 amide bonds. The van der Waals surface area contributed by atoms with Crippen molar-refractivity contribution < 1.29 is 9.53 Å². The molecule has 0 aliphatic heterocycles. The number of fused-ring (bicyclic) bond motifs is 1. The molecular formula is C23H20N4O3S. The highest BCUT2D eigenvalue weighted by Gasteiger charge is 2.15. The highest BCUT2D eigenvalue weighted by molar-refractivity contribution is 7.99. The Morgan fingerprint density at radius 3 is 2.74 bits per heavy atom. The predicted octanol–water partition coefficient (Wildman–Crippen LogP) is 3.20. The van der Waals surface area contributed by atoms with Crippen LogP contribution >= 0.6 is 11.8 Å². The Morgan fingerprint density at radius 1 is 1.10 bits per heavy atom. The van der Waals surface area contributed by atoms with Gasteiger partial charge in [-0.25, -0.2) is 4.98 Å². The average Bonchev–Trinajstić information content (AvgIpc) is 2.82. The normalized spacial score (nSPS) is 10.7. The Kier molecular flexibility index (Phi) is 6.28. The van der Waals surface area contributed by atoms with Gasteiger partial charge in [-0.15, -0.1) is 0 Å². The molecule has 0 saturated carbocycles. The van der Waals surface area contributed by atoms with Crippen LogP contribution in [0.5, 0.6) is 5.75 Å². The van der Waals surface area contributed by atoms with E-state index in [-0.39, 0.29) is 17.2 Å². The van der Waals surface area contributed by atoms with Crippen molar-refractivity contribution in [1.29, 1.82) is 0 Å². The molecule has 0 bridgehead atoms. The van der Waals surface area contributed by atoms with Gasteiger partial charge < -0.3 is 10.1 Å². The summed E-state index contributed by atoms with van der Waals surface area (Å²) in [6, 6.07) is 19.9. The Bertz CT molecular complexity index is 1270. The first-order chi connectivity index (χ1) is 15.2. The summed E-state index contributed by atoms with van der Waals surface area (Å²) in [4.78, 5) is 34.5. The molecule has 2 aromatic heterocycles. The number of nitrogens with zero attached hydrogens (tertiary/aromatic N) is 3. The molecule has 0 spiro atoms. The molecule has 31 heavy (non-hydrogen) atoms. The summed E-state index contributed by atoms with van der Waals surface area (Å²) in [5.41, 5.74) is 1.79. The minimum atomic E-state index is -0.199. The number of carbonyl (C=O) groups excluding carboxylic acids is 1. The van der Waals surface area contributed by atoms with E-state index in [1.165, 1.54) is 16.3 Å². The van der Waals surface area contributed by atoms with Crippen LogP contribution in [0.2, 0.25) is 0 Å². The van der Waals surface area contributed by atoms with E-state index in [2.05, 4.69) is 15.3 Å². The number of pyridine rings is 1. The van der Waals surface area contributed by atoms with Gasteiger partial charge in [-0.3, -0.25) is 19.1 Å². The van der Waals surface area contributed by atoms with E-state index in [0.29, 0.717) is 34.0 Å². The number of amides is 1. The van der Waals surface area contributed by atoms with E-state index in [1.54, 1.807) is 43.6 Å². The van der Waals surface area contributed by atoms with Crippen molar-refractivity contribution in [3.8, 4) is 11.4 Å². The number of benzene rings is 2. The highest BCUT2D eigenvalue weighted by Crippen LogP contribution is 2.23. The van der Waals surface area contributed by atoms with Crippen molar-refractivity contribution in [2.24, 2.45) is 0 Å². The van der Waals surface area contributed by atoms with E-state index >= 15 is 0 Å². The van der Waals surface area contributed by atoms with E-state index in [0.717, 1.165) is 5.69 Å². The van der Waals surface area contributed by atoms with Gasteiger partial charge in [-0.2, -0.15) is 0 Å². The number of thioether (sulfide) groups is 1. The van der Waals surface area contributed by atoms with Crippen molar-refractivity contribution >= 4 is 28.6 Å². The summed E-state index contributed by atoms with van der Waals surface area (Å²) in [6.07, 6.45) is 1.68. The summed E-state index contributed by atoms with van der Waals surface area (Å²) in [5.74, 6) is 0.568. The third-order valence-electron chi connectivity index (χ3n) is 4.58. The topological polar surface area (TPSA) is 86.1 Å². The Labute approximate surface area is 183 Å².